The zero-order chi connectivity index (χ0) is 11.2. The predicted molar refractivity (Wildman–Crippen MR) is 69.8 cm³/mol. The van der Waals surface area contributed by atoms with E-state index >= 15 is 0 Å². The molecule has 1 nitrogen and oxygen atoms in total. The first-order valence-electron chi connectivity index (χ1n) is 6.20. The van der Waals surface area contributed by atoms with E-state index in [-0.39, 0.29) is 0 Å². The van der Waals surface area contributed by atoms with Crippen molar-refractivity contribution in [2.24, 2.45) is 5.92 Å². The Morgan fingerprint density at radius 3 is 2.81 bits per heavy atom. The maximum absolute atomic E-state index is 5.82. The van der Waals surface area contributed by atoms with Gasteiger partial charge in [-0.2, -0.15) is 0 Å². The number of likely N-dealkylation sites (tertiary alicyclic amines) is 1. The van der Waals surface area contributed by atoms with Gasteiger partial charge in [0.15, 0.2) is 0 Å². The average Bonchev–Trinajstić information content (AvgIpc) is 2.31. The monoisotopic (exact) mass is 237 g/mol. The van der Waals surface area contributed by atoms with Crippen molar-refractivity contribution in [1.29, 1.82) is 0 Å². The van der Waals surface area contributed by atoms with Crippen molar-refractivity contribution in [1.82, 2.24) is 4.90 Å². The van der Waals surface area contributed by atoms with Gasteiger partial charge in [-0.3, -0.25) is 4.90 Å². The highest BCUT2D eigenvalue weighted by molar-refractivity contribution is 6.17. The Hall–Kier alpha value is -0.530. The molecule has 88 valence electrons. The first-order valence-corrected chi connectivity index (χ1v) is 6.74. The van der Waals surface area contributed by atoms with Gasteiger partial charge in [0.2, 0.25) is 0 Å². The van der Waals surface area contributed by atoms with E-state index in [2.05, 4.69) is 35.2 Å². The summed E-state index contributed by atoms with van der Waals surface area (Å²) >= 11 is 5.82. The van der Waals surface area contributed by atoms with Crippen molar-refractivity contribution in [2.45, 2.75) is 25.8 Å². The quantitative estimate of drug-likeness (QED) is 0.725. The fourth-order valence-corrected chi connectivity index (χ4v) is 2.84. The smallest absolute Gasteiger partial charge is 0.0233 e. The van der Waals surface area contributed by atoms with Crippen LogP contribution in [0.2, 0.25) is 0 Å². The molecule has 2 heteroatoms. The summed E-state index contributed by atoms with van der Waals surface area (Å²) in [4.78, 5) is 2.57. The molecule has 1 aliphatic heterocycles. The van der Waals surface area contributed by atoms with Crippen molar-refractivity contribution in [3.63, 3.8) is 0 Å². The molecular formula is C14H20ClN. The number of rotatable bonds is 4. The molecule has 1 aromatic carbocycles. The van der Waals surface area contributed by atoms with Crippen LogP contribution in [0.15, 0.2) is 30.3 Å². The lowest BCUT2D eigenvalue weighted by molar-refractivity contribution is 0.165. The van der Waals surface area contributed by atoms with Gasteiger partial charge in [0.25, 0.3) is 0 Å². The fourth-order valence-electron chi connectivity index (χ4n) is 2.53. The lowest BCUT2D eigenvalue weighted by atomic mass is 9.95. The van der Waals surface area contributed by atoms with E-state index < -0.39 is 0 Å². The van der Waals surface area contributed by atoms with Crippen molar-refractivity contribution in [2.75, 3.05) is 19.0 Å². The predicted octanol–water partition coefficient (Wildman–Crippen LogP) is 3.53. The van der Waals surface area contributed by atoms with E-state index in [4.69, 9.17) is 11.6 Å². The van der Waals surface area contributed by atoms with Gasteiger partial charge < -0.3 is 0 Å². The van der Waals surface area contributed by atoms with Crippen molar-refractivity contribution >= 4 is 11.6 Å². The molecule has 0 aliphatic carbocycles. The van der Waals surface area contributed by atoms with Gasteiger partial charge in [-0.1, -0.05) is 30.3 Å². The van der Waals surface area contributed by atoms with Crippen LogP contribution in [0.1, 0.15) is 24.8 Å². The average molecular weight is 238 g/mol. The van der Waals surface area contributed by atoms with Crippen LogP contribution in [0.3, 0.4) is 0 Å². The molecule has 0 aromatic heterocycles. The van der Waals surface area contributed by atoms with Gasteiger partial charge in [-0.25, -0.2) is 0 Å². The van der Waals surface area contributed by atoms with Crippen LogP contribution >= 0.6 is 11.6 Å². The van der Waals surface area contributed by atoms with Gasteiger partial charge in [0.05, 0.1) is 0 Å². The minimum Gasteiger partial charge on any atom is -0.299 e. The minimum absolute atomic E-state index is 0.809. The number of alkyl halides is 1. The molecular weight excluding hydrogens is 218 g/mol. The van der Waals surface area contributed by atoms with Gasteiger partial charge in [0, 0.05) is 19.0 Å². The van der Waals surface area contributed by atoms with Crippen LogP contribution in [-0.4, -0.2) is 23.9 Å². The Kier molecular flexibility index (Phi) is 4.68. The van der Waals surface area contributed by atoms with Gasteiger partial charge >= 0.3 is 0 Å². The molecule has 0 saturated carbocycles. The fraction of sp³-hybridized carbons (Fsp3) is 0.571. The summed E-state index contributed by atoms with van der Waals surface area (Å²) in [5, 5.41) is 0. The lowest BCUT2D eigenvalue weighted by Gasteiger charge is -2.32. The van der Waals surface area contributed by atoms with Crippen LogP contribution < -0.4 is 0 Å². The van der Waals surface area contributed by atoms with E-state index in [9.17, 15) is 0 Å². The van der Waals surface area contributed by atoms with Gasteiger partial charge in [-0.15, -0.1) is 11.6 Å². The SMILES string of the molecule is ClCCC1CCCN(Cc2ccccc2)C1. The molecule has 1 atom stereocenters. The molecule has 1 aliphatic rings. The summed E-state index contributed by atoms with van der Waals surface area (Å²) in [5.74, 6) is 1.62. The number of nitrogens with zero attached hydrogens (tertiary/aromatic N) is 1. The molecule has 0 spiro atoms. The molecule has 0 bridgehead atoms. The van der Waals surface area contributed by atoms with Crippen molar-refractivity contribution < 1.29 is 0 Å². The highest BCUT2D eigenvalue weighted by Gasteiger charge is 2.19. The summed E-state index contributed by atoms with van der Waals surface area (Å²) in [7, 11) is 0. The second-order valence-corrected chi connectivity index (χ2v) is 5.08. The lowest BCUT2D eigenvalue weighted by Crippen LogP contribution is -2.35. The molecule has 1 fully saturated rings. The Morgan fingerprint density at radius 2 is 2.06 bits per heavy atom. The van der Waals surface area contributed by atoms with E-state index in [0.29, 0.717) is 0 Å². The maximum Gasteiger partial charge on any atom is 0.0233 e. The zero-order valence-electron chi connectivity index (χ0n) is 9.74. The summed E-state index contributed by atoms with van der Waals surface area (Å²) in [6.07, 6.45) is 3.86. The molecule has 1 aromatic rings. The largest absolute Gasteiger partial charge is 0.299 e. The molecule has 0 radical (unpaired) electrons. The van der Waals surface area contributed by atoms with E-state index in [1.807, 2.05) is 0 Å². The Balaban J connectivity index is 1.85. The third-order valence-electron chi connectivity index (χ3n) is 3.37. The molecule has 2 rings (SSSR count). The van der Waals surface area contributed by atoms with E-state index in [0.717, 1.165) is 18.3 Å². The van der Waals surface area contributed by atoms with Gasteiger partial charge in [0.1, 0.15) is 0 Å². The van der Waals surface area contributed by atoms with E-state index in [1.54, 1.807) is 0 Å². The third kappa shape index (κ3) is 3.50. The summed E-state index contributed by atoms with van der Waals surface area (Å²) in [6.45, 7) is 3.56. The number of hydrogen-bond acceptors (Lipinski definition) is 1. The Labute approximate surface area is 103 Å². The van der Waals surface area contributed by atoms with E-state index in [1.165, 1.54) is 37.9 Å². The molecule has 16 heavy (non-hydrogen) atoms. The summed E-state index contributed by atoms with van der Waals surface area (Å²) < 4.78 is 0. The van der Waals surface area contributed by atoms with Crippen LogP contribution in [0, 0.1) is 5.92 Å². The summed E-state index contributed by atoms with van der Waals surface area (Å²) in [6, 6.07) is 10.7. The van der Waals surface area contributed by atoms with Crippen LogP contribution in [0.4, 0.5) is 0 Å². The minimum atomic E-state index is 0.809. The first-order chi connectivity index (χ1) is 7.88. The molecule has 1 unspecified atom stereocenters. The normalized spacial score (nSPS) is 22.2. The van der Waals surface area contributed by atoms with Gasteiger partial charge in [-0.05, 0) is 37.3 Å². The van der Waals surface area contributed by atoms with Crippen molar-refractivity contribution in [3.05, 3.63) is 35.9 Å². The first kappa shape index (κ1) is 11.9. The summed E-state index contributed by atoms with van der Waals surface area (Å²) in [5.41, 5.74) is 1.43. The molecule has 0 N–H and O–H groups in total. The zero-order valence-corrected chi connectivity index (χ0v) is 10.5. The molecule has 1 saturated heterocycles. The topological polar surface area (TPSA) is 3.24 Å². The highest BCUT2D eigenvalue weighted by atomic mass is 35.5. The standard InChI is InChI=1S/C14H20ClN/c15-9-8-14-7-4-10-16(12-14)11-13-5-2-1-3-6-13/h1-3,5-6,14H,4,7-12H2. The highest BCUT2D eigenvalue weighted by Crippen LogP contribution is 2.21. The number of piperidine rings is 1. The second-order valence-electron chi connectivity index (χ2n) is 4.71. The van der Waals surface area contributed by atoms with Crippen LogP contribution in [0.25, 0.3) is 0 Å². The maximum atomic E-state index is 5.82. The third-order valence-corrected chi connectivity index (χ3v) is 3.59. The van der Waals surface area contributed by atoms with Crippen molar-refractivity contribution in [3.8, 4) is 0 Å². The number of halogens is 1. The second kappa shape index (κ2) is 6.27. The molecule has 1 heterocycles. The van der Waals surface area contributed by atoms with Crippen LogP contribution in [0.5, 0.6) is 0 Å². The molecule has 0 amide bonds. The number of benzene rings is 1. The Bertz CT molecular complexity index is 297. The number of hydrogen-bond donors (Lipinski definition) is 0. The van der Waals surface area contributed by atoms with Crippen LogP contribution in [-0.2, 0) is 6.54 Å². The Morgan fingerprint density at radius 1 is 1.25 bits per heavy atom.